The second kappa shape index (κ2) is 8.97. The normalized spacial score (nSPS) is 10.9. The Bertz CT molecular complexity index is 1040. The zero-order valence-electron chi connectivity index (χ0n) is 15.5. The molecule has 0 fully saturated rings. The molecule has 0 aliphatic carbocycles. The van der Waals surface area contributed by atoms with E-state index in [4.69, 9.17) is 9.84 Å². The molecule has 0 atom stereocenters. The van der Waals surface area contributed by atoms with Crippen molar-refractivity contribution in [3.05, 3.63) is 77.4 Å². The van der Waals surface area contributed by atoms with E-state index in [1.807, 2.05) is 30.3 Å². The second-order valence-electron chi connectivity index (χ2n) is 6.21. The molecular weight excluding hydrogens is 354 g/mol. The van der Waals surface area contributed by atoms with Crippen molar-refractivity contribution in [1.29, 1.82) is 0 Å². The van der Waals surface area contributed by atoms with Gasteiger partial charge in [-0.15, -0.1) is 0 Å². The first-order valence-electron chi connectivity index (χ1n) is 8.89. The SMILES string of the molecule is COc1cccc(C=O)c1C=CC(=O)c1ccc2cc(NCCO)ccc2c1. The zero-order valence-corrected chi connectivity index (χ0v) is 15.5. The number of aldehydes is 1. The van der Waals surface area contributed by atoms with E-state index in [0.717, 1.165) is 22.7 Å². The van der Waals surface area contributed by atoms with Crippen LogP contribution < -0.4 is 10.1 Å². The summed E-state index contributed by atoms with van der Waals surface area (Å²) in [6.45, 7) is 0.550. The lowest BCUT2D eigenvalue weighted by atomic mass is 10.0. The van der Waals surface area contributed by atoms with Gasteiger partial charge in [-0.25, -0.2) is 0 Å². The molecular formula is C23H21NO4. The fourth-order valence-corrected chi connectivity index (χ4v) is 2.98. The fourth-order valence-electron chi connectivity index (χ4n) is 2.98. The van der Waals surface area contributed by atoms with Gasteiger partial charge in [-0.1, -0.05) is 30.3 Å². The lowest BCUT2D eigenvalue weighted by Gasteiger charge is -2.07. The summed E-state index contributed by atoms with van der Waals surface area (Å²) in [5.41, 5.74) is 2.51. The van der Waals surface area contributed by atoms with Crippen LogP contribution in [0.15, 0.2) is 60.7 Å². The Balaban J connectivity index is 1.86. The Morgan fingerprint density at radius 3 is 2.64 bits per heavy atom. The van der Waals surface area contributed by atoms with Gasteiger partial charge in [0.05, 0.1) is 13.7 Å². The largest absolute Gasteiger partial charge is 0.496 e. The monoisotopic (exact) mass is 375 g/mol. The van der Waals surface area contributed by atoms with Crippen LogP contribution in [0, 0.1) is 0 Å². The molecule has 0 heterocycles. The van der Waals surface area contributed by atoms with Crippen molar-refractivity contribution in [1.82, 2.24) is 0 Å². The molecule has 0 saturated heterocycles. The molecule has 0 saturated carbocycles. The third-order valence-corrected chi connectivity index (χ3v) is 4.41. The summed E-state index contributed by atoms with van der Waals surface area (Å²) >= 11 is 0. The lowest BCUT2D eigenvalue weighted by Crippen LogP contribution is -2.05. The molecule has 5 nitrogen and oxygen atoms in total. The summed E-state index contributed by atoms with van der Waals surface area (Å²) in [5.74, 6) is 0.377. The molecule has 0 aromatic heterocycles. The maximum atomic E-state index is 12.6. The highest BCUT2D eigenvalue weighted by Crippen LogP contribution is 2.24. The van der Waals surface area contributed by atoms with Crippen LogP contribution in [-0.4, -0.2) is 37.4 Å². The zero-order chi connectivity index (χ0) is 19.9. The standard InChI is InChI=1S/C23H21NO4/c1-28-23-4-2-3-19(15-26)21(23)9-10-22(27)18-6-5-17-14-20(24-11-12-25)8-7-16(17)13-18/h2-10,13-15,24-25H,11-12H2,1H3. The molecule has 142 valence electrons. The van der Waals surface area contributed by atoms with Crippen molar-refractivity contribution >= 4 is 34.6 Å². The highest BCUT2D eigenvalue weighted by Gasteiger charge is 2.08. The minimum atomic E-state index is -0.160. The Kier molecular flexibility index (Phi) is 6.19. The molecule has 0 amide bonds. The van der Waals surface area contributed by atoms with Crippen molar-refractivity contribution in [2.75, 3.05) is 25.6 Å². The number of aliphatic hydroxyl groups excluding tert-OH is 1. The molecule has 0 bridgehead atoms. The molecule has 0 unspecified atom stereocenters. The summed E-state index contributed by atoms with van der Waals surface area (Å²) in [5, 5.41) is 14.0. The van der Waals surface area contributed by atoms with Crippen LogP contribution in [-0.2, 0) is 0 Å². The van der Waals surface area contributed by atoms with E-state index in [1.54, 1.807) is 30.3 Å². The number of rotatable bonds is 8. The number of hydrogen-bond acceptors (Lipinski definition) is 5. The quantitative estimate of drug-likeness (QED) is 0.354. The van der Waals surface area contributed by atoms with Crippen LogP contribution >= 0.6 is 0 Å². The van der Waals surface area contributed by atoms with Crippen molar-refractivity contribution in [2.24, 2.45) is 0 Å². The number of anilines is 1. The number of carbonyl (C=O) groups is 2. The minimum absolute atomic E-state index is 0.0653. The minimum Gasteiger partial charge on any atom is -0.496 e. The van der Waals surface area contributed by atoms with Crippen molar-refractivity contribution in [3.8, 4) is 5.75 Å². The maximum Gasteiger partial charge on any atom is 0.185 e. The fraction of sp³-hybridized carbons (Fsp3) is 0.130. The molecule has 0 aliphatic heterocycles. The van der Waals surface area contributed by atoms with Crippen LogP contribution in [0.3, 0.4) is 0 Å². The number of carbonyl (C=O) groups excluding carboxylic acids is 2. The first kappa shape index (κ1) is 19.3. The van der Waals surface area contributed by atoms with E-state index in [1.165, 1.54) is 13.2 Å². The summed E-state index contributed by atoms with van der Waals surface area (Å²) in [6.07, 6.45) is 3.80. The van der Waals surface area contributed by atoms with Crippen molar-refractivity contribution < 1.29 is 19.4 Å². The molecule has 0 radical (unpaired) electrons. The summed E-state index contributed by atoms with van der Waals surface area (Å²) < 4.78 is 5.28. The van der Waals surface area contributed by atoms with E-state index < -0.39 is 0 Å². The maximum absolute atomic E-state index is 12.6. The van der Waals surface area contributed by atoms with Crippen LogP contribution in [0.4, 0.5) is 5.69 Å². The number of hydrogen-bond donors (Lipinski definition) is 2. The number of nitrogens with one attached hydrogen (secondary N) is 1. The van der Waals surface area contributed by atoms with Gasteiger partial charge in [0.15, 0.2) is 12.1 Å². The third-order valence-electron chi connectivity index (χ3n) is 4.41. The Morgan fingerprint density at radius 2 is 1.89 bits per heavy atom. The number of benzene rings is 3. The van der Waals surface area contributed by atoms with Gasteiger partial charge in [0.2, 0.25) is 0 Å². The summed E-state index contributed by atoms with van der Waals surface area (Å²) in [7, 11) is 1.52. The van der Waals surface area contributed by atoms with Gasteiger partial charge in [0.1, 0.15) is 5.75 Å². The van der Waals surface area contributed by atoms with E-state index in [9.17, 15) is 9.59 Å². The molecule has 2 N–H and O–H groups in total. The molecule has 3 aromatic carbocycles. The second-order valence-corrected chi connectivity index (χ2v) is 6.21. The smallest absolute Gasteiger partial charge is 0.185 e. The predicted octanol–water partition coefficient (Wildman–Crippen LogP) is 3.96. The van der Waals surface area contributed by atoms with Gasteiger partial charge in [0.25, 0.3) is 0 Å². The summed E-state index contributed by atoms with van der Waals surface area (Å²) in [6, 6.07) is 16.5. The average Bonchev–Trinajstić information content (AvgIpc) is 2.75. The molecule has 28 heavy (non-hydrogen) atoms. The van der Waals surface area contributed by atoms with Gasteiger partial charge in [-0.2, -0.15) is 0 Å². The Hall–Kier alpha value is -3.44. The van der Waals surface area contributed by atoms with E-state index >= 15 is 0 Å². The number of ether oxygens (including phenoxy) is 1. The highest BCUT2D eigenvalue weighted by molar-refractivity contribution is 6.09. The lowest BCUT2D eigenvalue weighted by molar-refractivity contribution is 0.104. The average molecular weight is 375 g/mol. The first-order valence-corrected chi connectivity index (χ1v) is 8.89. The number of methoxy groups -OCH3 is 1. The number of ketones is 1. The van der Waals surface area contributed by atoms with E-state index in [2.05, 4.69) is 5.32 Å². The number of aliphatic hydroxyl groups is 1. The van der Waals surface area contributed by atoms with Crippen LogP contribution in [0.2, 0.25) is 0 Å². The molecule has 3 rings (SSSR count). The first-order chi connectivity index (χ1) is 13.7. The molecule has 5 heteroatoms. The van der Waals surface area contributed by atoms with E-state index in [0.29, 0.717) is 29.0 Å². The third kappa shape index (κ3) is 4.27. The van der Waals surface area contributed by atoms with Crippen LogP contribution in [0.1, 0.15) is 26.3 Å². The Morgan fingerprint density at radius 1 is 1.11 bits per heavy atom. The van der Waals surface area contributed by atoms with Crippen LogP contribution in [0.5, 0.6) is 5.75 Å². The van der Waals surface area contributed by atoms with Gasteiger partial charge in [-0.05, 0) is 47.2 Å². The summed E-state index contributed by atoms with van der Waals surface area (Å²) in [4.78, 5) is 23.9. The highest BCUT2D eigenvalue weighted by atomic mass is 16.5. The molecule has 0 aliphatic rings. The Labute approximate surface area is 163 Å². The van der Waals surface area contributed by atoms with E-state index in [-0.39, 0.29) is 12.4 Å². The topological polar surface area (TPSA) is 75.6 Å². The molecule has 3 aromatic rings. The van der Waals surface area contributed by atoms with Crippen molar-refractivity contribution in [2.45, 2.75) is 0 Å². The van der Waals surface area contributed by atoms with Crippen LogP contribution in [0.25, 0.3) is 16.8 Å². The van der Waals surface area contributed by atoms with Gasteiger partial charge < -0.3 is 15.2 Å². The van der Waals surface area contributed by atoms with Crippen molar-refractivity contribution in [3.63, 3.8) is 0 Å². The molecule has 0 spiro atoms. The predicted molar refractivity (Wildman–Crippen MR) is 111 cm³/mol. The number of fused-ring (bicyclic) bond motifs is 1. The van der Waals surface area contributed by atoms with Gasteiger partial charge >= 0.3 is 0 Å². The van der Waals surface area contributed by atoms with Gasteiger partial charge in [0, 0.05) is 28.9 Å². The van der Waals surface area contributed by atoms with Gasteiger partial charge in [-0.3, -0.25) is 9.59 Å². The number of allylic oxidation sites excluding steroid dienone is 1.